The molecule has 1 saturated heterocycles. The highest BCUT2D eigenvalue weighted by Gasteiger charge is 2.34. The maximum Gasteiger partial charge on any atom is 0.229 e. The van der Waals surface area contributed by atoms with Crippen molar-refractivity contribution in [2.45, 2.75) is 5.92 Å². The molecule has 0 spiro atoms. The van der Waals surface area contributed by atoms with Crippen molar-refractivity contribution in [3.63, 3.8) is 0 Å². The third-order valence-electron chi connectivity index (χ3n) is 4.75. The molecule has 28 heavy (non-hydrogen) atoms. The largest absolute Gasteiger partial charge is 0.494 e. The van der Waals surface area contributed by atoms with Crippen molar-refractivity contribution < 1.29 is 9.53 Å². The number of hydrogen-bond donors (Lipinski definition) is 2. The molecule has 0 unspecified atom stereocenters. The molecule has 148 valence electrons. The number of amides is 1. The molecular weight excluding hydrogens is 384 g/mol. The van der Waals surface area contributed by atoms with Crippen molar-refractivity contribution >= 4 is 24.0 Å². The lowest BCUT2D eigenvalue weighted by atomic mass is 9.90. The van der Waals surface area contributed by atoms with Gasteiger partial charge in [0.1, 0.15) is 17.8 Å². The summed E-state index contributed by atoms with van der Waals surface area (Å²) in [7, 11) is 3.45. The molecule has 2 aromatic heterocycles. The number of hydrogen-bond acceptors (Lipinski definition) is 7. The molecule has 0 bridgehead atoms. The Morgan fingerprint density at radius 3 is 2.89 bits per heavy atom. The summed E-state index contributed by atoms with van der Waals surface area (Å²) >= 11 is 0. The molecule has 0 saturated carbocycles. The Morgan fingerprint density at radius 1 is 1.36 bits per heavy atom. The third kappa shape index (κ3) is 3.82. The van der Waals surface area contributed by atoms with Crippen molar-refractivity contribution in [2.75, 3.05) is 25.5 Å². The summed E-state index contributed by atoms with van der Waals surface area (Å²) in [6.07, 6.45) is 5.26. The maximum absolute atomic E-state index is 12.9. The van der Waals surface area contributed by atoms with Crippen molar-refractivity contribution in [3.8, 4) is 11.4 Å². The number of rotatable bonds is 5. The second kappa shape index (κ2) is 8.36. The zero-order chi connectivity index (χ0) is 18.8. The van der Waals surface area contributed by atoms with Gasteiger partial charge in [-0.2, -0.15) is 9.78 Å². The topological polar surface area (TPSA) is 112 Å². The summed E-state index contributed by atoms with van der Waals surface area (Å²) in [5.74, 6) is 0.487. The van der Waals surface area contributed by atoms with Gasteiger partial charge in [-0.05, 0) is 34.2 Å². The van der Waals surface area contributed by atoms with Crippen LogP contribution in [0.2, 0.25) is 0 Å². The molecule has 4 rings (SSSR count). The molecule has 1 amide bonds. The fraction of sp³-hybridized carbons (Fsp3) is 0.353. The van der Waals surface area contributed by atoms with E-state index in [2.05, 4.69) is 31.3 Å². The molecule has 1 fully saturated rings. The second-order valence-corrected chi connectivity index (χ2v) is 6.45. The molecule has 0 aliphatic carbocycles. The Labute approximate surface area is 167 Å². The zero-order valence-electron chi connectivity index (χ0n) is 15.4. The van der Waals surface area contributed by atoms with Crippen LogP contribution in [0.15, 0.2) is 36.9 Å². The van der Waals surface area contributed by atoms with Crippen LogP contribution in [0.5, 0.6) is 5.75 Å². The van der Waals surface area contributed by atoms with Crippen molar-refractivity contribution in [2.24, 2.45) is 13.0 Å². The highest BCUT2D eigenvalue weighted by Crippen LogP contribution is 2.30. The number of tetrazole rings is 1. The Kier molecular flexibility index (Phi) is 5.90. The molecule has 1 aliphatic rings. The van der Waals surface area contributed by atoms with Gasteiger partial charge in [-0.3, -0.25) is 9.48 Å². The number of nitrogens with one attached hydrogen (secondary N) is 2. The number of anilines is 1. The van der Waals surface area contributed by atoms with Crippen LogP contribution < -0.4 is 15.4 Å². The number of carbonyl (C=O) groups excluding carboxylic acids is 1. The number of ether oxygens (including phenoxy) is 1. The Bertz CT molecular complexity index is 943. The summed E-state index contributed by atoms with van der Waals surface area (Å²) in [6.45, 7) is 1.38. The molecule has 10 nitrogen and oxygen atoms in total. The van der Waals surface area contributed by atoms with E-state index in [1.165, 1.54) is 11.0 Å². The van der Waals surface area contributed by atoms with Crippen LogP contribution in [0.25, 0.3) is 5.69 Å². The minimum Gasteiger partial charge on any atom is -0.494 e. The van der Waals surface area contributed by atoms with E-state index in [9.17, 15) is 4.79 Å². The monoisotopic (exact) mass is 404 g/mol. The highest BCUT2D eigenvalue weighted by molar-refractivity contribution is 5.94. The van der Waals surface area contributed by atoms with Gasteiger partial charge in [0.05, 0.1) is 19.2 Å². The lowest BCUT2D eigenvalue weighted by Gasteiger charge is -2.18. The average Bonchev–Trinajstić information content (AvgIpc) is 3.42. The van der Waals surface area contributed by atoms with Gasteiger partial charge in [-0.1, -0.05) is 0 Å². The number of aryl methyl sites for hydroxylation is 1. The van der Waals surface area contributed by atoms with Crippen LogP contribution in [0.4, 0.5) is 5.69 Å². The van der Waals surface area contributed by atoms with Crippen molar-refractivity contribution in [1.82, 2.24) is 35.3 Å². The Hall–Kier alpha value is -2.98. The van der Waals surface area contributed by atoms with Crippen LogP contribution >= 0.6 is 12.4 Å². The van der Waals surface area contributed by atoms with E-state index in [4.69, 9.17) is 4.74 Å². The van der Waals surface area contributed by atoms with E-state index in [0.717, 1.165) is 12.1 Å². The number of halogens is 1. The molecule has 3 heterocycles. The molecule has 3 aromatic rings. The van der Waals surface area contributed by atoms with Crippen LogP contribution in [0.1, 0.15) is 11.5 Å². The van der Waals surface area contributed by atoms with Gasteiger partial charge in [0.2, 0.25) is 5.91 Å². The second-order valence-electron chi connectivity index (χ2n) is 6.45. The van der Waals surface area contributed by atoms with Gasteiger partial charge >= 0.3 is 0 Å². The third-order valence-corrected chi connectivity index (χ3v) is 4.75. The first-order valence-corrected chi connectivity index (χ1v) is 8.57. The van der Waals surface area contributed by atoms with E-state index in [-0.39, 0.29) is 30.2 Å². The summed E-state index contributed by atoms with van der Waals surface area (Å²) in [4.78, 5) is 12.9. The van der Waals surface area contributed by atoms with E-state index in [1.54, 1.807) is 30.0 Å². The van der Waals surface area contributed by atoms with Gasteiger partial charge in [0.15, 0.2) is 0 Å². The van der Waals surface area contributed by atoms with Crippen LogP contribution in [0, 0.1) is 5.92 Å². The average molecular weight is 405 g/mol. The molecule has 11 heteroatoms. The van der Waals surface area contributed by atoms with Crippen LogP contribution in [0.3, 0.4) is 0 Å². The molecule has 0 radical (unpaired) electrons. The smallest absolute Gasteiger partial charge is 0.229 e. The summed E-state index contributed by atoms with van der Waals surface area (Å²) < 4.78 is 8.60. The standard InChI is InChI=1S/C17H20N8O2.ClH/c1-24-9-11(6-20-24)13-7-18-8-14(13)17(26)21-12-3-4-16(27-2)15(5-12)25-10-19-22-23-25;/h3-6,9-10,13-14,18H,7-8H2,1-2H3,(H,21,26);1H/t13-,14+;/m1./s1. The van der Waals surface area contributed by atoms with Crippen LogP contribution in [-0.2, 0) is 11.8 Å². The lowest BCUT2D eigenvalue weighted by molar-refractivity contribution is -0.119. The van der Waals surface area contributed by atoms with Crippen molar-refractivity contribution in [1.29, 1.82) is 0 Å². The van der Waals surface area contributed by atoms with Gasteiger partial charge < -0.3 is 15.4 Å². The zero-order valence-corrected chi connectivity index (χ0v) is 16.3. The fourth-order valence-electron chi connectivity index (χ4n) is 3.39. The SMILES string of the molecule is COc1ccc(NC(=O)[C@H]2CNC[C@@H]2c2cnn(C)c2)cc1-n1cnnn1.Cl. The first-order valence-electron chi connectivity index (χ1n) is 8.57. The van der Waals surface area contributed by atoms with Gasteiger partial charge in [-0.25, -0.2) is 0 Å². The quantitative estimate of drug-likeness (QED) is 0.645. The first kappa shape index (κ1) is 19.8. The normalized spacial score (nSPS) is 18.5. The minimum atomic E-state index is -0.173. The number of aromatic nitrogens is 6. The summed E-state index contributed by atoms with van der Waals surface area (Å²) in [5, 5.41) is 21.7. The van der Waals surface area contributed by atoms with Gasteiger partial charge in [0, 0.05) is 37.9 Å². The molecule has 1 aromatic carbocycles. The summed E-state index contributed by atoms with van der Waals surface area (Å²) in [5.41, 5.74) is 2.36. The predicted molar refractivity (Wildman–Crippen MR) is 104 cm³/mol. The fourth-order valence-corrected chi connectivity index (χ4v) is 3.39. The number of carbonyl (C=O) groups is 1. The van der Waals surface area contributed by atoms with Gasteiger partial charge in [-0.15, -0.1) is 17.5 Å². The van der Waals surface area contributed by atoms with E-state index >= 15 is 0 Å². The minimum absolute atomic E-state index is 0. The highest BCUT2D eigenvalue weighted by atomic mass is 35.5. The number of benzene rings is 1. The molecular formula is C17H21ClN8O2. The number of nitrogens with zero attached hydrogens (tertiary/aromatic N) is 6. The Balaban J connectivity index is 0.00000225. The first-order chi connectivity index (χ1) is 13.2. The molecule has 1 aliphatic heterocycles. The maximum atomic E-state index is 12.9. The molecule has 2 N–H and O–H groups in total. The Morgan fingerprint density at radius 2 is 2.21 bits per heavy atom. The summed E-state index contributed by atoms with van der Waals surface area (Å²) in [6, 6.07) is 5.36. The van der Waals surface area contributed by atoms with E-state index < -0.39 is 0 Å². The van der Waals surface area contributed by atoms with Crippen LogP contribution in [-0.4, -0.2) is 56.1 Å². The number of methoxy groups -OCH3 is 1. The van der Waals surface area contributed by atoms with E-state index in [1.807, 2.05) is 19.4 Å². The van der Waals surface area contributed by atoms with E-state index in [0.29, 0.717) is 23.7 Å². The van der Waals surface area contributed by atoms with Crippen molar-refractivity contribution in [3.05, 3.63) is 42.5 Å². The van der Waals surface area contributed by atoms with Gasteiger partial charge in [0.25, 0.3) is 0 Å². The molecule has 2 atom stereocenters. The predicted octanol–water partition coefficient (Wildman–Crippen LogP) is 0.768. The lowest BCUT2D eigenvalue weighted by Crippen LogP contribution is -2.28.